The normalized spacial score (nSPS) is 10.7. The molecule has 0 saturated heterocycles. The molecule has 0 atom stereocenters. The Balaban J connectivity index is 3.02. The van der Waals surface area contributed by atoms with E-state index >= 15 is 0 Å². The third-order valence-electron chi connectivity index (χ3n) is 3.57. The molecule has 0 bridgehead atoms. The summed E-state index contributed by atoms with van der Waals surface area (Å²) in [4.78, 5) is 18.8. The number of aliphatic hydroxyl groups excluding tert-OH is 1. The van der Waals surface area contributed by atoms with E-state index in [0.29, 0.717) is 17.9 Å². The summed E-state index contributed by atoms with van der Waals surface area (Å²) in [5.74, 6) is 0.558. The maximum atomic E-state index is 12.8. The van der Waals surface area contributed by atoms with Gasteiger partial charge in [-0.25, -0.2) is 4.98 Å². The van der Waals surface area contributed by atoms with Gasteiger partial charge in [0.2, 0.25) is 0 Å². The first-order chi connectivity index (χ1) is 10.2. The minimum Gasteiger partial charge on any atom is -0.395 e. The number of carbonyl (C=O) groups is 1. The van der Waals surface area contributed by atoms with E-state index in [2.05, 4.69) is 31.1 Å². The summed E-state index contributed by atoms with van der Waals surface area (Å²) in [6.45, 7) is 7.30. The van der Waals surface area contributed by atoms with Gasteiger partial charge in [0.15, 0.2) is 0 Å². The number of anilines is 1. The maximum Gasteiger partial charge on any atom is 0.257 e. The average molecular weight is 293 g/mol. The fraction of sp³-hybridized carbons (Fsp3) is 0.625. The van der Waals surface area contributed by atoms with Crippen molar-refractivity contribution in [3.05, 3.63) is 23.9 Å². The van der Waals surface area contributed by atoms with Crippen LogP contribution in [0.1, 0.15) is 50.4 Å². The molecule has 118 valence electrons. The number of nitrogens with zero attached hydrogens (tertiary/aromatic N) is 2. The minimum atomic E-state index is -0.0653. The average Bonchev–Trinajstić information content (AvgIpc) is 2.52. The highest BCUT2D eigenvalue weighted by Crippen LogP contribution is 2.18. The standard InChI is InChI=1S/C16H27N3O2/c1-4-9-17-15-14(8-7-10-18-15)16(21)19(11-12-20)13(5-2)6-3/h7-8,10,13,20H,4-6,9,11-12H2,1-3H3,(H,17,18). The molecule has 5 heteroatoms. The largest absolute Gasteiger partial charge is 0.395 e. The van der Waals surface area contributed by atoms with Crippen molar-refractivity contribution in [2.75, 3.05) is 25.0 Å². The second-order valence-electron chi connectivity index (χ2n) is 5.02. The van der Waals surface area contributed by atoms with Gasteiger partial charge in [-0.3, -0.25) is 4.79 Å². The first-order valence-corrected chi connectivity index (χ1v) is 7.80. The number of pyridine rings is 1. The van der Waals surface area contributed by atoms with E-state index in [4.69, 9.17) is 0 Å². The van der Waals surface area contributed by atoms with Crippen molar-refractivity contribution in [3.63, 3.8) is 0 Å². The Labute approximate surface area is 127 Å². The van der Waals surface area contributed by atoms with Gasteiger partial charge in [0.05, 0.1) is 12.2 Å². The molecule has 1 heterocycles. The fourth-order valence-electron chi connectivity index (χ4n) is 2.40. The number of rotatable bonds is 9. The Bertz CT molecular complexity index is 433. The predicted octanol–water partition coefficient (Wildman–Crippen LogP) is 2.53. The van der Waals surface area contributed by atoms with Crippen molar-refractivity contribution >= 4 is 11.7 Å². The summed E-state index contributed by atoms with van der Waals surface area (Å²) in [6.07, 6.45) is 4.40. The molecule has 0 saturated carbocycles. The van der Waals surface area contributed by atoms with E-state index < -0.39 is 0 Å². The molecule has 0 fully saturated rings. The zero-order valence-corrected chi connectivity index (χ0v) is 13.3. The number of aliphatic hydroxyl groups is 1. The van der Waals surface area contributed by atoms with Crippen molar-refractivity contribution in [1.82, 2.24) is 9.88 Å². The SMILES string of the molecule is CCCNc1ncccc1C(=O)N(CCO)C(CC)CC. The molecule has 0 aliphatic heterocycles. The molecule has 1 aromatic heterocycles. The molecule has 0 radical (unpaired) electrons. The summed E-state index contributed by atoms with van der Waals surface area (Å²) >= 11 is 0. The lowest BCUT2D eigenvalue weighted by molar-refractivity contribution is 0.0623. The molecule has 0 unspecified atom stereocenters. The second kappa shape index (κ2) is 9.34. The minimum absolute atomic E-state index is 0.0276. The Morgan fingerprint density at radius 3 is 2.67 bits per heavy atom. The van der Waals surface area contributed by atoms with Crippen molar-refractivity contribution in [3.8, 4) is 0 Å². The molecule has 21 heavy (non-hydrogen) atoms. The first kappa shape index (κ1) is 17.4. The van der Waals surface area contributed by atoms with Crippen LogP contribution in [0.25, 0.3) is 0 Å². The number of amides is 1. The molecule has 1 aromatic rings. The van der Waals surface area contributed by atoms with Crippen LogP contribution in [-0.4, -0.2) is 46.6 Å². The zero-order valence-electron chi connectivity index (χ0n) is 13.3. The molecule has 2 N–H and O–H groups in total. The monoisotopic (exact) mass is 293 g/mol. The van der Waals surface area contributed by atoms with Crippen LogP contribution in [0.3, 0.4) is 0 Å². The Hall–Kier alpha value is -1.62. The van der Waals surface area contributed by atoms with E-state index in [1.165, 1.54) is 0 Å². The summed E-state index contributed by atoms with van der Waals surface area (Å²) in [7, 11) is 0. The van der Waals surface area contributed by atoms with Crippen LogP contribution in [0, 0.1) is 0 Å². The Kier molecular flexibility index (Phi) is 7.75. The highest BCUT2D eigenvalue weighted by atomic mass is 16.3. The van der Waals surface area contributed by atoms with Gasteiger partial charge in [-0.1, -0.05) is 20.8 Å². The highest BCUT2D eigenvalue weighted by Gasteiger charge is 2.24. The van der Waals surface area contributed by atoms with Gasteiger partial charge in [-0.2, -0.15) is 0 Å². The summed E-state index contributed by atoms with van der Waals surface area (Å²) < 4.78 is 0. The van der Waals surface area contributed by atoms with E-state index in [-0.39, 0.29) is 18.6 Å². The Morgan fingerprint density at radius 2 is 2.10 bits per heavy atom. The van der Waals surface area contributed by atoms with Crippen LogP contribution in [0.4, 0.5) is 5.82 Å². The van der Waals surface area contributed by atoms with Gasteiger partial charge in [0.1, 0.15) is 5.82 Å². The van der Waals surface area contributed by atoms with Gasteiger partial charge in [-0.05, 0) is 31.4 Å². The number of aromatic nitrogens is 1. The van der Waals surface area contributed by atoms with E-state index in [1.807, 2.05) is 0 Å². The van der Waals surface area contributed by atoms with Crippen LogP contribution in [0.15, 0.2) is 18.3 Å². The van der Waals surface area contributed by atoms with Gasteiger partial charge in [0.25, 0.3) is 5.91 Å². The molecule has 0 aliphatic rings. The number of hydrogen-bond acceptors (Lipinski definition) is 4. The van der Waals surface area contributed by atoms with Crippen molar-refractivity contribution < 1.29 is 9.90 Å². The summed E-state index contributed by atoms with van der Waals surface area (Å²) in [6, 6.07) is 3.71. The van der Waals surface area contributed by atoms with E-state index in [0.717, 1.165) is 25.8 Å². The fourth-order valence-corrected chi connectivity index (χ4v) is 2.40. The van der Waals surface area contributed by atoms with Crippen molar-refractivity contribution in [1.29, 1.82) is 0 Å². The third kappa shape index (κ3) is 4.70. The highest BCUT2D eigenvalue weighted by molar-refractivity contribution is 5.98. The summed E-state index contributed by atoms with van der Waals surface area (Å²) in [5, 5.41) is 12.5. The van der Waals surface area contributed by atoms with Crippen LogP contribution in [0.2, 0.25) is 0 Å². The number of hydrogen-bond donors (Lipinski definition) is 2. The number of carbonyl (C=O) groups excluding carboxylic acids is 1. The first-order valence-electron chi connectivity index (χ1n) is 7.80. The molecule has 5 nitrogen and oxygen atoms in total. The van der Waals surface area contributed by atoms with E-state index in [1.54, 1.807) is 23.2 Å². The lowest BCUT2D eigenvalue weighted by atomic mass is 10.1. The maximum absolute atomic E-state index is 12.8. The van der Waals surface area contributed by atoms with Crippen molar-refractivity contribution in [2.45, 2.75) is 46.1 Å². The van der Waals surface area contributed by atoms with Crippen LogP contribution < -0.4 is 5.32 Å². The zero-order chi connectivity index (χ0) is 15.7. The van der Waals surface area contributed by atoms with Gasteiger partial charge in [-0.15, -0.1) is 0 Å². The molecule has 1 amide bonds. The van der Waals surface area contributed by atoms with E-state index in [9.17, 15) is 9.90 Å². The van der Waals surface area contributed by atoms with Gasteiger partial charge < -0.3 is 15.3 Å². The smallest absolute Gasteiger partial charge is 0.257 e. The van der Waals surface area contributed by atoms with Crippen molar-refractivity contribution in [2.24, 2.45) is 0 Å². The predicted molar refractivity (Wildman–Crippen MR) is 85.5 cm³/mol. The molecular weight excluding hydrogens is 266 g/mol. The lowest BCUT2D eigenvalue weighted by Crippen LogP contribution is -2.42. The molecule has 0 spiro atoms. The van der Waals surface area contributed by atoms with Gasteiger partial charge >= 0.3 is 0 Å². The topological polar surface area (TPSA) is 65.5 Å². The Morgan fingerprint density at radius 1 is 1.38 bits per heavy atom. The summed E-state index contributed by atoms with van der Waals surface area (Å²) in [5.41, 5.74) is 0.575. The van der Waals surface area contributed by atoms with Crippen LogP contribution in [0.5, 0.6) is 0 Å². The lowest BCUT2D eigenvalue weighted by Gasteiger charge is -2.30. The van der Waals surface area contributed by atoms with Gasteiger partial charge in [0, 0.05) is 25.3 Å². The molecule has 0 aliphatic carbocycles. The quantitative estimate of drug-likeness (QED) is 0.734. The molecular formula is C16H27N3O2. The second-order valence-corrected chi connectivity index (χ2v) is 5.02. The number of nitrogens with one attached hydrogen (secondary N) is 1. The molecule has 1 rings (SSSR count). The third-order valence-corrected chi connectivity index (χ3v) is 3.57. The molecule has 0 aromatic carbocycles. The van der Waals surface area contributed by atoms with Crippen LogP contribution >= 0.6 is 0 Å². The van der Waals surface area contributed by atoms with Crippen LogP contribution in [-0.2, 0) is 0 Å².